The Morgan fingerprint density at radius 2 is 1.79 bits per heavy atom. The molecule has 0 saturated carbocycles. The lowest BCUT2D eigenvalue weighted by Crippen LogP contribution is -2.51. The first kappa shape index (κ1) is 20.4. The van der Waals surface area contributed by atoms with Gasteiger partial charge in [0.25, 0.3) is 0 Å². The second-order valence-corrected chi connectivity index (χ2v) is 8.75. The Balaban J connectivity index is 1.26. The summed E-state index contributed by atoms with van der Waals surface area (Å²) in [5.74, 6) is 0.417. The van der Waals surface area contributed by atoms with Crippen LogP contribution >= 0.6 is 0 Å². The molecule has 3 aliphatic heterocycles. The molecule has 6 nitrogen and oxygen atoms in total. The first-order chi connectivity index (χ1) is 14.2. The fraction of sp³-hybridized carbons (Fsp3) is 0.652. The van der Waals surface area contributed by atoms with Crippen LogP contribution in [0, 0.1) is 5.92 Å². The van der Waals surface area contributed by atoms with E-state index in [4.69, 9.17) is 0 Å². The van der Waals surface area contributed by atoms with E-state index in [2.05, 4.69) is 45.4 Å². The molecule has 1 atom stereocenters. The third-order valence-corrected chi connectivity index (χ3v) is 6.75. The van der Waals surface area contributed by atoms with Gasteiger partial charge in [-0.3, -0.25) is 19.4 Å². The number of amides is 2. The lowest BCUT2D eigenvalue weighted by molar-refractivity contribution is -0.137. The molecule has 0 aliphatic carbocycles. The van der Waals surface area contributed by atoms with E-state index in [1.807, 2.05) is 4.90 Å². The molecule has 0 radical (unpaired) electrons. The molecule has 3 fully saturated rings. The maximum Gasteiger partial charge on any atom is 0.227 e. The number of likely N-dealkylation sites (tertiary alicyclic amines) is 2. The summed E-state index contributed by atoms with van der Waals surface area (Å²) >= 11 is 0. The summed E-state index contributed by atoms with van der Waals surface area (Å²) in [7, 11) is 0. The Kier molecular flexibility index (Phi) is 6.82. The molecule has 29 heavy (non-hydrogen) atoms. The van der Waals surface area contributed by atoms with E-state index in [-0.39, 0.29) is 17.7 Å². The van der Waals surface area contributed by atoms with Crippen molar-refractivity contribution in [3.63, 3.8) is 0 Å². The zero-order valence-electron chi connectivity index (χ0n) is 17.4. The maximum absolute atomic E-state index is 13.0. The minimum Gasteiger partial charge on any atom is -0.354 e. The number of nitrogens with zero attached hydrogens (tertiary/aromatic N) is 3. The van der Waals surface area contributed by atoms with E-state index in [0.29, 0.717) is 32.1 Å². The number of benzene rings is 1. The van der Waals surface area contributed by atoms with Crippen LogP contribution in [-0.4, -0.2) is 78.4 Å². The highest BCUT2D eigenvalue weighted by Crippen LogP contribution is 2.26. The van der Waals surface area contributed by atoms with Gasteiger partial charge in [-0.05, 0) is 50.9 Å². The third kappa shape index (κ3) is 5.37. The van der Waals surface area contributed by atoms with Gasteiger partial charge in [-0.1, -0.05) is 30.3 Å². The predicted molar refractivity (Wildman–Crippen MR) is 113 cm³/mol. The Hall–Kier alpha value is -1.92. The number of rotatable bonds is 4. The molecule has 0 aromatic heterocycles. The van der Waals surface area contributed by atoms with Gasteiger partial charge in [0, 0.05) is 45.2 Å². The highest BCUT2D eigenvalue weighted by Gasteiger charge is 2.33. The van der Waals surface area contributed by atoms with Crippen molar-refractivity contribution < 1.29 is 9.59 Å². The van der Waals surface area contributed by atoms with Crippen molar-refractivity contribution in [2.45, 2.75) is 44.7 Å². The summed E-state index contributed by atoms with van der Waals surface area (Å²) < 4.78 is 0. The van der Waals surface area contributed by atoms with Crippen LogP contribution in [0.3, 0.4) is 0 Å². The van der Waals surface area contributed by atoms with Crippen molar-refractivity contribution in [2.24, 2.45) is 5.92 Å². The van der Waals surface area contributed by atoms with Crippen molar-refractivity contribution in [1.29, 1.82) is 0 Å². The van der Waals surface area contributed by atoms with Crippen LogP contribution in [0.5, 0.6) is 0 Å². The van der Waals surface area contributed by atoms with Crippen molar-refractivity contribution in [2.75, 3.05) is 45.8 Å². The van der Waals surface area contributed by atoms with E-state index in [9.17, 15) is 9.59 Å². The molecule has 1 aromatic carbocycles. The fourth-order valence-corrected chi connectivity index (χ4v) is 5.07. The topological polar surface area (TPSA) is 55.9 Å². The van der Waals surface area contributed by atoms with E-state index in [1.54, 1.807) is 0 Å². The van der Waals surface area contributed by atoms with Gasteiger partial charge in [0.15, 0.2) is 0 Å². The lowest BCUT2D eigenvalue weighted by atomic mass is 9.92. The maximum atomic E-state index is 13.0. The van der Waals surface area contributed by atoms with E-state index < -0.39 is 0 Å². The zero-order valence-corrected chi connectivity index (χ0v) is 17.4. The monoisotopic (exact) mass is 398 g/mol. The molecule has 158 valence electrons. The van der Waals surface area contributed by atoms with Crippen LogP contribution in [0.25, 0.3) is 0 Å². The normalized spacial score (nSPS) is 25.4. The molecular weight excluding hydrogens is 364 g/mol. The van der Waals surface area contributed by atoms with Gasteiger partial charge in [-0.25, -0.2) is 0 Å². The third-order valence-electron chi connectivity index (χ3n) is 6.75. The van der Waals surface area contributed by atoms with E-state index in [0.717, 1.165) is 45.6 Å². The summed E-state index contributed by atoms with van der Waals surface area (Å²) in [6.45, 7) is 7.12. The summed E-state index contributed by atoms with van der Waals surface area (Å²) in [4.78, 5) is 31.7. The molecule has 2 amide bonds. The molecule has 3 saturated heterocycles. The number of nitrogens with one attached hydrogen (secondary N) is 1. The molecule has 1 N–H and O–H groups in total. The first-order valence-corrected chi connectivity index (χ1v) is 11.2. The van der Waals surface area contributed by atoms with Crippen LogP contribution in [0.2, 0.25) is 0 Å². The second kappa shape index (κ2) is 9.72. The minimum atomic E-state index is 0.0628. The highest BCUT2D eigenvalue weighted by atomic mass is 16.2. The Morgan fingerprint density at radius 1 is 1.00 bits per heavy atom. The van der Waals surface area contributed by atoms with Gasteiger partial charge in [0.2, 0.25) is 11.8 Å². The predicted octanol–water partition coefficient (Wildman–Crippen LogP) is 1.71. The van der Waals surface area contributed by atoms with Crippen LogP contribution in [0.4, 0.5) is 0 Å². The molecule has 0 spiro atoms. The van der Waals surface area contributed by atoms with Gasteiger partial charge >= 0.3 is 0 Å². The van der Waals surface area contributed by atoms with Gasteiger partial charge in [-0.15, -0.1) is 0 Å². The Morgan fingerprint density at radius 3 is 2.59 bits per heavy atom. The Bertz CT molecular complexity index is 687. The zero-order chi connectivity index (χ0) is 20.1. The molecule has 3 heterocycles. The average molecular weight is 399 g/mol. The van der Waals surface area contributed by atoms with Crippen LogP contribution < -0.4 is 5.32 Å². The average Bonchev–Trinajstić information content (AvgIpc) is 2.99. The molecular formula is C23H34N4O2. The summed E-state index contributed by atoms with van der Waals surface area (Å²) in [5, 5.41) is 2.87. The smallest absolute Gasteiger partial charge is 0.227 e. The fourth-order valence-electron chi connectivity index (χ4n) is 5.07. The molecule has 6 heteroatoms. The second-order valence-electron chi connectivity index (χ2n) is 8.75. The van der Waals surface area contributed by atoms with Gasteiger partial charge in [0.05, 0.1) is 5.92 Å². The van der Waals surface area contributed by atoms with Gasteiger partial charge < -0.3 is 10.2 Å². The van der Waals surface area contributed by atoms with E-state index in [1.165, 1.54) is 18.4 Å². The molecule has 3 aliphatic rings. The molecule has 0 bridgehead atoms. The number of hydrogen-bond donors (Lipinski definition) is 1. The lowest BCUT2D eigenvalue weighted by Gasteiger charge is -2.42. The van der Waals surface area contributed by atoms with Gasteiger partial charge in [-0.2, -0.15) is 0 Å². The van der Waals surface area contributed by atoms with Crippen LogP contribution in [0.1, 0.15) is 37.7 Å². The number of hydrogen-bond acceptors (Lipinski definition) is 4. The first-order valence-electron chi connectivity index (χ1n) is 11.2. The van der Waals surface area contributed by atoms with Gasteiger partial charge in [0.1, 0.15) is 0 Å². The summed E-state index contributed by atoms with van der Waals surface area (Å²) in [5.41, 5.74) is 1.39. The van der Waals surface area contributed by atoms with Crippen molar-refractivity contribution in [1.82, 2.24) is 20.0 Å². The standard InChI is InChI=1S/C23H34N4O2/c28-22-10-15-26(16-11-24-22)23(29)20-7-4-12-27(18-20)21-8-13-25(14-9-21)17-19-5-2-1-3-6-19/h1-3,5-6,20-21H,4,7-18H2,(H,24,28)/t20-/m1/s1. The van der Waals surface area contributed by atoms with Crippen LogP contribution in [-0.2, 0) is 16.1 Å². The number of carbonyl (C=O) groups is 2. The van der Waals surface area contributed by atoms with Crippen molar-refractivity contribution >= 4 is 11.8 Å². The molecule has 1 aromatic rings. The number of piperidine rings is 2. The van der Waals surface area contributed by atoms with Crippen LogP contribution in [0.15, 0.2) is 30.3 Å². The summed E-state index contributed by atoms with van der Waals surface area (Å²) in [6, 6.07) is 11.3. The Labute approximate surface area is 174 Å². The molecule has 0 unspecified atom stereocenters. The SMILES string of the molecule is O=C1CCN(C(=O)[C@@H]2CCCN(C3CCN(Cc4ccccc4)CC3)C2)CCN1. The number of carbonyl (C=O) groups excluding carboxylic acids is 2. The van der Waals surface area contributed by atoms with Crippen molar-refractivity contribution in [3.05, 3.63) is 35.9 Å². The minimum absolute atomic E-state index is 0.0628. The quantitative estimate of drug-likeness (QED) is 0.839. The molecule has 4 rings (SSSR count). The summed E-state index contributed by atoms with van der Waals surface area (Å²) in [6.07, 6.45) is 4.90. The highest BCUT2D eigenvalue weighted by molar-refractivity contribution is 5.81. The largest absolute Gasteiger partial charge is 0.354 e. The van der Waals surface area contributed by atoms with E-state index >= 15 is 0 Å². The van der Waals surface area contributed by atoms with Crippen molar-refractivity contribution in [3.8, 4) is 0 Å².